The third kappa shape index (κ3) is 4.36. The lowest BCUT2D eigenvalue weighted by atomic mass is 10.2. The lowest BCUT2D eigenvalue weighted by molar-refractivity contribution is -0.115. The van der Waals surface area contributed by atoms with Gasteiger partial charge in [0.15, 0.2) is 5.13 Å². The number of nitrogens with one attached hydrogen (secondary N) is 2. The lowest BCUT2D eigenvalue weighted by Gasteiger charge is -2.03. The summed E-state index contributed by atoms with van der Waals surface area (Å²) in [6, 6.07) is 7.96. The minimum Gasteiger partial charge on any atom is -0.308 e. The van der Waals surface area contributed by atoms with E-state index in [0.29, 0.717) is 11.7 Å². The van der Waals surface area contributed by atoms with Crippen molar-refractivity contribution in [2.75, 3.05) is 18.4 Å². The molecule has 21 heavy (non-hydrogen) atoms. The van der Waals surface area contributed by atoms with Crippen LogP contribution in [-0.4, -0.2) is 24.0 Å². The average Bonchev–Trinajstić information content (AvgIpc) is 3.16. The Balaban J connectivity index is 1.55. The van der Waals surface area contributed by atoms with E-state index >= 15 is 0 Å². The van der Waals surface area contributed by atoms with Gasteiger partial charge in [-0.15, -0.1) is 11.3 Å². The van der Waals surface area contributed by atoms with Crippen LogP contribution in [0.4, 0.5) is 5.13 Å². The SMILES string of the molecule is O=C(CNCC1CC1)Nc1nc(-c2cccc(Br)c2)cs1. The molecule has 1 saturated carbocycles. The van der Waals surface area contributed by atoms with Crippen molar-refractivity contribution in [1.29, 1.82) is 0 Å². The van der Waals surface area contributed by atoms with E-state index in [2.05, 4.69) is 31.5 Å². The van der Waals surface area contributed by atoms with E-state index in [1.807, 2.05) is 29.6 Å². The monoisotopic (exact) mass is 365 g/mol. The van der Waals surface area contributed by atoms with Gasteiger partial charge >= 0.3 is 0 Å². The summed E-state index contributed by atoms with van der Waals surface area (Å²) in [7, 11) is 0. The molecule has 1 fully saturated rings. The summed E-state index contributed by atoms with van der Waals surface area (Å²) in [5.41, 5.74) is 1.91. The van der Waals surface area contributed by atoms with Crippen LogP contribution in [0, 0.1) is 5.92 Å². The zero-order valence-electron chi connectivity index (χ0n) is 11.4. The number of benzene rings is 1. The van der Waals surface area contributed by atoms with Crippen LogP contribution < -0.4 is 10.6 Å². The molecular formula is C15H16BrN3OS. The Morgan fingerprint density at radius 3 is 3.05 bits per heavy atom. The van der Waals surface area contributed by atoms with Gasteiger partial charge in [0.2, 0.25) is 5.91 Å². The van der Waals surface area contributed by atoms with Crippen molar-refractivity contribution in [3.63, 3.8) is 0 Å². The molecule has 1 aromatic heterocycles. The van der Waals surface area contributed by atoms with Crippen LogP contribution in [0.25, 0.3) is 11.3 Å². The Labute approximate surface area is 136 Å². The summed E-state index contributed by atoms with van der Waals surface area (Å²) in [5, 5.41) is 8.60. The zero-order valence-corrected chi connectivity index (χ0v) is 13.8. The molecule has 2 N–H and O–H groups in total. The molecule has 4 nitrogen and oxygen atoms in total. The van der Waals surface area contributed by atoms with Crippen LogP contribution in [0.1, 0.15) is 12.8 Å². The molecule has 110 valence electrons. The number of hydrogen-bond donors (Lipinski definition) is 2. The summed E-state index contributed by atoms with van der Waals surface area (Å²) >= 11 is 4.89. The quantitative estimate of drug-likeness (QED) is 0.823. The van der Waals surface area contributed by atoms with E-state index in [-0.39, 0.29) is 5.91 Å². The minimum absolute atomic E-state index is 0.0363. The second-order valence-electron chi connectivity index (χ2n) is 5.17. The third-order valence-corrected chi connectivity index (χ3v) is 4.54. The highest BCUT2D eigenvalue weighted by atomic mass is 79.9. The number of halogens is 1. The Morgan fingerprint density at radius 2 is 2.29 bits per heavy atom. The topological polar surface area (TPSA) is 54.0 Å². The number of aromatic nitrogens is 1. The van der Waals surface area contributed by atoms with Gasteiger partial charge < -0.3 is 10.6 Å². The summed E-state index contributed by atoms with van der Waals surface area (Å²) in [5.74, 6) is 0.742. The zero-order chi connectivity index (χ0) is 14.7. The van der Waals surface area contributed by atoms with Crippen molar-refractivity contribution in [3.05, 3.63) is 34.1 Å². The number of anilines is 1. The number of rotatable bonds is 6. The van der Waals surface area contributed by atoms with E-state index in [4.69, 9.17) is 0 Å². The van der Waals surface area contributed by atoms with E-state index < -0.39 is 0 Å². The molecule has 6 heteroatoms. The third-order valence-electron chi connectivity index (χ3n) is 3.29. The van der Waals surface area contributed by atoms with E-state index in [0.717, 1.165) is 28.2 Å². The Hall–Kier alpha value is -1.24. The maximum Gasteiger partial charge on any atom is 0.240 e. The number of nitrogens with zero attached hydrogens (tertiary/aromatic N) is 1. The van der Waals surface area contributed by atoms with Crippen molar-refractivity contribution in [2.45, 2.75) is 12.8 Å². The first kappa shape index (κ1) is 14.7. The number of hydrogen-bond acceptors (Lipinski definition) is 4. The molecule has 1 amide bonds. The fourth-order valence-corrected chi connectivity index (χ4v) is 3.12. The Kier molecular flexibility index (Phi) is 4.67. The molecule has 1 heterocycles. The molecule has 0 aliphatic heterocycles. The van der Waals surface area contributed by atoms with Gasteiger partial charge in [0.1, 0.15) is 0 Å². The first-order valence-corrected chi connectivity index (χ1v) is 8.60. The van der Waals surface area contributed by atoms with Gasteiger partial charge in [-0.25, -0.2) is 4.98 Å². The fraction of sp³-hybridized carbons (Fsp3) is 0.333. The standard InChI is InChI=1S/C15H16BrN3OS/c16-12-3-1-2-11(6-12)13-9-21-15(18-13)19-14(20)8-17-7-10-4-5-10/h1-3,6,9-10,17H,4-5,7-8H2,(H,18,19,20). The molecule has 0 unspecified atom stereocenters. The Morgan fingerprint density at radius 1 is 1.43 bits per heavy atom. The molecule has 1 aliphatic rings. The molecule has 2 aromatic rings. The summed E-state index contributed by atoms with van der Waals surface area (Å²) < 4.78 is 1.02. The highest BCUT2D eigenvalue weighted by molar-refractivity contribution is 9.10. The van der Waals surface area contributed by atoms with Crippen molar-refractivity contribution in [2.24, 2.45) is 5.92 Å². The fourth-order valence-electron chi connectivity index (χ4n) is 1.99. The van der Waals surface area contributed by atoms with Crippen LogP contribution in [0.2, 0.25) is 0 Å². The second-order valence-corrected chi connectivity index (χ2v) is 6.94. The van der Waals surface area contributed by atoms with E-state index in [9.17, 15) is 4.79 Å². The van der Waals surface area contributed by atoms with Gasteiger partial charge in [0, 0.05) is 15.4 Å². The van der Waals surface area contributed by atoms with Crippen LogP contribution in [-0.2, 0) is 4.79 Å². The predicted molar refractivity (Wildman–Crippen MR) is 89.5 cm³/mol. The van der Waals surface area contributed by atoms with Crippen molar-refractivity contribution in [3.8, 4) is 11.3 Å². The summed E-state index contributed by atoms with van der Waals surface area (Å²) in [6.07, 6.45) is 2.58. The number of amides is 1. The molecule has 0 saturated heterocycles. The number of thiazole rings is 1. The van der Waals surface area contributed by atoms with Gasteiger partial charge in [-0.3, -0.25) is 4.79 Å². The van der Waals surface area contributed by atoms with Gasteiger partial charge in [0.25, 0.3) is 0 Å². The van der Waals surface area contributed by atoms with Gasteiger partial charge in [-0.2, -0.15) is 0 Å². The maximum absolute atomic E-state index is 11.8. The first-order chi connectivity index (χ1) is 10.2. The largest absolute Gasteiger partial charge is 0.308 e. The van der Waals surface area contributed by atoms with E-state index in [1.165, 1.54) is 24.2 Å². The maximum atomic E-state index is 11.8. The normalized spacial score (nSPS) is 14.1. The minimum atomic E-state index is -0.0363. The molecule has 0 radical (unpaired) electrons. The number of carbonyl (C=O) groups excluding carboxylic acids is 1. The molecule has 3 rings (SSSR count). The van der Waals surface area contributed by atoms with Gasteiger partial charge in [-0.05, 0) is 37.4 Å². The Bertz CT molecular complexity index is 639. The van der Waals surface area contributed by atoms with Gasteiger partial charge in [0.05, 0.1) is 12.2 Å². The predicted octanol–water partition coefficient (Wildman–Crippen LogP) is 3.51. The van der Waals surface area contributed by atoms with Crippen LogP contribution in [0.15, 0.2) is 34.1 Å². The highest BCUT2D eigenvalue weighted by Gasteiger charge is 2.20. The van der Waals surface area contributed by atoms with Crippen LogP contribution in [0.5, 0.6) is 0 Å². The second kappa shape index (κ2) is 6.68. The lowest BCUT2D eigenvalue weighted by Crippen LogP contribution is -2.29. The van der Waals surface area contributed by atoms with Crippen molar-refractivity contribution >= 4 is 38.3 Å². The van der Waals surface area contributed by atoms with Gasteiger partial charge in [-0.1, -0.05) is 28.1 Å². The highest BCUT2D eigenvalue weighted by Crippen LogP contribution is 2.28. The summed E-state index contributed by atoms with van der Waals surface area (Å²) in [4.78, 5) is 16.3. The summed E-state index contributed by atoms with van der Waals surface area (Å²) in [6.45, 7) is 1.29. The van der Waals surface area contributed by atoms with Crippen LogP contribution >= 0.6 is 27.3 Å². The van der Waals surface area contributed by atoms with E-state index in [1.54, 1.807) is 0 Å². The number of carbonyl (C=O) groups is 1. The molecule has 0 bridgehead atoms. The molecule has 0 atom stereocenters. The molecular weight excluding hydrogens is 350 g/mol. The molecule has 1 aromatic carbocycles. The van der Waals surface area contributed by atoms with Crippen molar-refractivity contribution < 1.29 is 4.79 Å². The van der Waals surface area contributed by atoms with Crippen molar-refractivity contribution in [1.82, 2.24) is 10.3 Å². The molecule has 0 spiro atoms. The first-order valence-electron chi connectivity index (χ1n) is 6.93. The average molecular weight is 366 g/mol. The smallest absolute Gasteiger partial charge is 0.240 e. The molecule has 1 aliphatic carbocycles. The van der Waals surface area contributed by atoms with Crippen LogP contribution in [0.3, 0.4) is 0 Å².